The maximum Gasteiger partial charge on any atom is 0.303 e. The second kappa shape index (κ2) is 8.39. The summed E-state index contributed by atoms with van der Waals surface area (Å²) in [4.78, 5) is 10.6. The van der Waals surface area contributed by atoms with Crippen molar-refractivity contribution in [2.45, 2.75) is 51.2 Å². The first-order chi connectivity index (χ1) is 9.49. The molecule has 0 saturated heterocycles. The lowest BCUT2D eigenvalue weighted by Crippen LogP contribution is -2.24. The number of carboxylic acids is 1. The van der Waals surface area contributed by atoms with Gasteiger partial charge < -0.3 is 20.4 Å². The Morgan fingerprint density at radius 1 is 1.30 bits per heavy atom. The lowest BCUT2D eigenvalue weighted by atomic mass is 9.90. The molecule has 1 fully saturated rings. The Balaban J connectivity index is 2.47. The van der Waals surface area contributed by atoms with Crippen LogP contribution in [0.25, 0.3) is 0 Å². The molecule has 0 amide bonds. The van der Waals surface area contributed by atoms with Gasteiger partial charge in [0.15, 0.2) is 0 Å². The number of carboxylic acid groups (broad SMARTS) is 1. The van der Waals surface area contributed by atoms with Crippen molar-refractivity contribution in [3.05, 3.63) is 12.2 Å². The zero-order valence-corrected chi connectivity index (χ0v) is 12.0. The SMILES string of the molecule is CCC(C=CC[C@H]1C(O)CC(O)[C@@H]1CO)CCC(=O)O. The van der Waals surface area contributed by atoms with Crippen LogP contribution >= 0.6 is 0 Å². The number of aliphatic hydroxyl groups excluding tert-OH is 3. The van der Waals surface area contributed by atoms with Gasteiger partial charge in [-0.15, -0.1) is 0 Å². The van der Waals surface area contributed by atoms with E-state index in [0.29, 0.717) is 19.3 Å². The van der Waals surface area contributed by atoms with Gasteiger partial charge in [0, 0.05) is 18.9 Å². The molecule has 0 aromatic rings. The summed E-state index contributed by atoms with van der Waals surface area (Å²) in [6.07, 6.45) is 5.30. The summed E-state index contributed by atoms with van der Waals surface area (Å²) in [7, 11) is 0. The first-order valence-electron chi connectivity index (χ1n) is 7.35. The van der Waals surface area contributed by atoms with Gasteiger partial charge in [0.2, 0.25) is 0 Å². The number of rotatable bonds is 8. The quantitative estimate of drug-likeness (QED) is 0.502. The highest BCUT2D eigenvalue weighted by Crippen LogP contribution is 2.35. The van der Waals surface area contributed by atoms with Crippen molar-refractivity contribution in [1.82, 2.24) is 0 Å². The molecule has 0 aromatic carbocycles. The van der Waals surface area contributed by atoms with Crippen molar-refractivity contribution in [1.29, 1.82) is 0 Å². The standard InChI is InChI=1S/C15H26O5/c1-2-10(6-7-15(19)20)4-3-5-11-12(9-16)14(18)8-13(11)17/h3-4,10-14,16-18H,2,5-9H2,1H3,(H,19,20)/t10?,11-,12-,13?,14?/m1/s1. The van der Waals surface area contributed by atoms with Crippen LogP contribution in [0.5, 0.6) is 0 Å². The number of hydrogen-bond acceptors (Lipinski definition) is 4. The zero-order valence-electron chi connectivity index (χ0n) is 12.0. The second-order valence-electron chi connectivity index (χ2n) is 5.65. The molecular formula is C15H26O5. The minimum atomic E-state index is -0.786. The number of aliphatic hydroxyl groups is 3. The Labute approximate surface area is 119 Å². The fraction of sp³-hybridized carbons (Fsp3) is 0.800. The van der Waals surface area contributed by atoms with E-state index in [9.17, 15) is 20.1 Å². The molecule has 0 bridgehead atoms. The predicted octanol–water partition coefficient (Wildman–Crippen LogP) is 1.17. The Bertz CT molecular complexity index is 328. The number of carbonyl (C=O) groups is 1. The van der Waals surface area contributed by atoms with E-state index in [1.807, 2.05) is 19.1 Å². The molecule has 116 valence electrons. The van der Waals surface area contributed by atoms with Crippen molar-refractivity contribution >= 4 is 5.97 Å². The van der Waals surface area contributed by atoms with Crippen molar-refractivity contribution in [2.24, 2.45) is 17.8 Å². The van der Waals surface area contributed by atoms with Crippen molar-refractivity contribution in [2.75, 3.05) is 6.61 Å². The van der Waals surface area contributed by atoms with Crippen LogP contribution in [-0.4, -0.2) is 45.2 Å². The molecule has 1 aliphatic carbocycles. The van der Waals surface area contributed by atoms with Crippen molar-refractivity contribution < 1.29 is 25.2 Å². The molecule has 1 rings (SSSR count). The molecule has 5 nitrogen and oxygen atoms in total. The van der Waals surface area contributed by atoms with Crippen LogP contribution in [0.2, 0.25) is 0 Å². The highest BCUT2D eigenvalue weighted by atomic mass is 16.4. The Morgan fingerprint density at radius 2 is 1.95 bits per heavy atom. The molecule has 1 aliphatic rings. The van der Waals surface area contributed by atoms with Crippen LogP contribution in [0.4, 0.5) is 0 Å². The van der Waals surface area contributed by atoms with Gasteiger partial charge in [-0.1, -0.05) is 19.1 Å². The number of hydrogen-bond donors (Lipinski definition) is 4. The third kappa shape index (κ3) is 4.89. The van der Waals surface area contributed by atoms with E-state index in [2.05, 4.69) is 0 Å². The summed E-state index contributed by atoms with van der Waals surface area (Å²) in [5.74, 6) is -0.953. The molecule has 5 heteroatoms. The molecule has 20 heavy (non-hydrogen) atoms. The fourth-order valence-corrected chi connectivity index (χ4v) is 2.93. The topological polar surface area (TPSA) is 98.0 Å². The first kappa shape index (κ1) is 17.1. The third-order valence-corrected chi connectivity index (χ3v) is 4.30. The van der Waals surface area contributed by atoms with E-state index in [1.165, 1.54) is 0 Å². The van der Waals surface area contributed by atoms with Crippen LogP contribution in [0.1, 0.15) is 39.0 Å². The summed E-state index contributed by atoms with van der Waals surface area (Å²) in [5, 5.41) is 37.5. The molecule has 0 aliphatic heterocycles. The molecular weight excluding hydrogens is 260 g/mol. The molecule has 4 N–H and O–H groups in total. The van der Waals surface area contributed by atoms with Crippen molar-refractivity contribution in [3.8, 4) is 0 Å². The van der Waals surface area contributed by atoms with Gasteiger partial charge in [-0.25, -0.2) is 0 Å². The molecule has 0 spiro atoms. The van der Waals surface area contributed by atoms with Crippen LogP contribution < -0.4 is 0 Å². The van der Waals surface area contributed by atoms with E-state index >= 15 is 0 Å². The van der Waals surface area contributed by atoms with Gasteiger partial charge in [0.1, 0.15) is 0 Å². The van der Waals surface area contributed by atoms with Gasteiger partial charge in [0.05, 0.1) is 12.2 Å². The monoisotopic (exact) mass is 286 g/mol. The van der Waals surface area contributed by atoms with Gasteiger partial charge in [-0.05, 0) is 37.5 Å². The zero-order chi connectivity index (χ0) is 15.1. The Morgan fingerprint density at radius 3 is 2.50 bits per heavy atom. The van der Waals surface area contributed by atoms with Gasteiger partial charge in [-0.3, -0.25) is 4.79 Å². The highest BCUT2D eigenvalue weighted by Gasteiger charge is 2.40. The van der Waals surface area contributed by atoms with E-state index < -0.39 is 18.2 Å². The second-order valence-corrected chi connectivity index (χ2v) is 5.65. The maximum atomic E-state index is 10.6. The molecule has 0 radical (unpaired) electrons. The first-order valence-corrected chi connectivity index (χ1v) is 7.35. The van der Waals surface area contributed by atoms with E-state index in [-0.39, 0.29) is 30.8 Å². The summed E-state index contributed by atoms with van der Waals surface area (Å²) in [5.41, 5.74) is 0. The number of allylic oxidation sites excluding steroid dienone is 2. The molecule has 0 aromatic heterocycles. The van der Waals surface area contributed by atoms with Crippen LogP contribution in [-0.2, 0) is 4.79 Å². The molecule has 0 heterocycles. The van der Waals surface area contributed by atoms with Gasteiger partial charge >= 0.3 is 5.97 Å². The average Bonchev–Trinajstić information content (AvgIpc) is 2.67. The largest absolute Gasteiger partial charge is 0.481 e. The highest BCUT2D eigenvalue weighted by molar-refractivity contribution is 5.66. The van der Waals surface area contributed by atoms with E-state index in [4.69, 9.17) is 5.11 Å². The van der Waals surface area contributed by atoms with Crippen LogP contribution in [0.3, 0.4) is 0 Å². The Hall–Kier alpha value is -0.910. The summed E-state index contributed by atoms with van der Waals surface area (Å²) < 4.78 is 0. The number of aliphatic carboxylic acids is 1. The predicted molar refractivity (Wildman–Crippen MR) is 75.1 cm³/mol. The van der Waals surface area contributed by atoms with Gasteiger partial charge in [-0.2, -0.15) is 0 Å². The van der Waals surface area contributed by atoms with Gasteiger partial charge in [0.25, 0.3) is 0 Å². The average molecular weight is 286 g/mol. The minimum absolute atomic E-state index is 0.118. The van der Waals surface area contributed by atoms with E-state index in [0.717, 1.165) is 6.42 Å². The lowest BCUT2D eigenvalue weighted by molar-refractivity contribution is -0.137. The summed E-state index contributed by atoms with van der Waals surface area (Å²) >= 11 is 0. The smallest absolute Gasteiger partial charge is 0.303 e. The van der Waals surface area contributed by atoms with Crippen LogP contribution in [0.15, 0.2) is 12.2 Å². The molecule has 3 unspecified atom stereocenters. The Kier molecular flexibility index (Phi) is 7.19. The molecule has 1 saturated carbocycles. The van der Waals surface area contributed by atoms with E-state index in [1.54, 1.807) is 0 Å². The maximum absolute atomic E-state index is 10.6. The normalized spacial score (nSPS) is 31.8. The summed E-state index contributed by atoms with van der Waals surface area (Å²) in [6, 6.07) is 0. The fourth-order valence-electron chi connectivity index (χ4n) is 2.93. The summed E-state index contributed by atoms with van der Waals surface area (Å²) in [6.45, 7) is 1.90. The van der Waals surface area contributed by atoms with Crippen LogP contribution in [0, 0.1) is 17.8 Å². The third-order valence-electron chi connectivity index (χ3n) is 4.30. The lowest BCUT2D eigenvalue weighted by Gasteiger charge is -2.20. The minimum Gasteiger partial charge on any atom is -0.481 e. The van der Waals surface area contributed by atoms with Crippen molar-refractivity contribution in [3.63, 3.8) is 0 Å². The molecule has 5 atom stereocenters.